The molecule has 0 aliphatic rings. The van der Waals surface area contributed by atoms with Gasteiger partial charge in [-0.3, -0.25) is 0 Å². The molecule has 0 saturated carbocycles. The second-order valence-corrected chi connectivity index (χ2v) is 3.02. The number of nitrogens with zero attached hydrogens (tertiary/aromatic N) is 1. The van der Waals surface area contributed by atoms with Gasteiger partial charge in [0, 0.05) is 19.8 Å². The van der Waals surface area contributed by atoms with Crippen LogP contribution in [-0.2, 0) is 4.79 Å². The molecule has 0 heterocycles. The van der Waals surface area contributed by atoms with Crippen LogP contribution in [0.3, 0.4) is 0 Å². The average molecular weight is 171 g/mol. The SMILES string of the molecule is CCC/C(=C(/C)C(=O)O)N(C)C. The molecule has 0 unspecified atom stereocenters. The summed E-state index contributed by atoms with van der Waals surface area (Å²) in [5, 5.41) is 8.74. The average Bonchev–Trinajstić information content (AvgIpc) is 1.98. The maximum absolute atomic E-state index is 10.6. The Morgan fingerprint density at radius 1 is 1.42 bits per heavy atom. The summed E-state index contributed by atoms with van der Waals surface area (Å²) in [5.41, 5.74) is 1.35. The Kier molecular flexibility index (Phi) is 4.40. The second kappa shape index (κ2) is 4.80. The van der Waals surface area contributed by atoms with Crippen molar-refractivity contribution in [2.24, 2.45) is 0 Å². The molecule has 0 aromatic heterocycles. The highest BCUT2D eigenvalue weighted by molar-refractivity contribution is 5.86. The minimum Gasteiger partial charge on any atom is -0.478 e. The van der Waals surface area contributed by atoms with Gasteiger partial charge in [-0.25, -0.2) is 4.79 Å². The Morgan fingerprint density at radius 3 is 2.17 bits per heavy atom. The van der Waals surface area contributed by atoms with E-state index in [1.807, 2.05) is 25.9 Å². The fourth-order valence-electron chi connectivity index (χ4n) is 1.11. The van der Waals surface area contributed by atoms with E-state index in [0.717, 1.165) is 18.5 Å². The van der Waals surface area contributed by atoms with Crippen LogP contribution in [0.4, 0.5) is 0 Å². The minimum absolute atomic E-state index is 0.446. The summed E-state index contributed by atoms with van der Waals surface area (Å²) in [7, 11) is 3.74. The van der Waals surface area contributed by atoms with Gasteiger partial charge in [0.15, 0.2) is 0 Å². The van der Waals surface area contributed by atoms with Crippen LogP contribution in [0.2, 0.25) is 0 Å². The normalized spacial score (nSPS) is 12.3. The first-order valence-corrected chi connectivity index (χ1v) is 4.11. The molecule has 0 radical (unpaired) electrons. The van der Waals surface area contributed by atoms with Crippen LogP contribution >= 0.6 is 0 Å². The summed E-state index contributed by atoms with van der Waals surface area (Å²) in [5.74, 6) is -0.827. The lowest BCUT2D eigenvalue weighted by Crippen LogP contribution is -2.16. The van der Waals surface area contributed by atoms with Gasteiger partial charge in [-0.05, 0) is 13.3 Å². The molecule has 3 nitrogen and oxygen atoms in total. The molecule has 0 amide bonds. The summed E-state index contributed by atoms with van der Waals surface area (Å²) in [6.07, 6.45) is 1.79. The van der Waals surface area contributed by atoms with Crippen LogP contribution in [-0.4, -0.2) is 30.1 Å². The molecule has 0 bridgehead atoms. The van der Waals surface area contributed by atoms with Crippen molar-refractivity contribution < 1.29 is 9.90 Å². The number of carbonyl (C=O) groups is 1. The number of aliphatic carboxylic acids is 1. The molecular weight excluding hydrogens is 154 g/mol. The summed E-state index contributed by atoms with van der Waals surface area (Å²) < 4.78 is 0. The first-order valence-electron chi connectivity index (χ1n) is 4.11. The molecule has 0 spiro atoms. The molecular formula is C9H17NO2. The number of allylic oxidation sites excluding steroid dienone is 1. The van der Waals surface area contributed by atoms with Crippen molar-refractivity contribution in [1.82, 2.24) is 4.90 Å². The number of carboxylic acids is 1. The Hall–Kier alpha value is -0.990. The van der Waals surface area contributed by atoms with E-state index < -0.39 is 5.97 Å². The molecule has 1 N–H and O–H groups in total. The molecule has 0 atom stereocenters. The van der Waals surface area contributed by atoms with Gasteiger partial charge in [-0.2, -0.15) is 0 Å². The number of hydrogen-bond donors (Lipinski definition) is 1. The summed E-state index contributed by atoms with van der Waals surface area (Å²) in [6, 6.07) is 0. The molecule has 0 rings (SSSR count). The van der Waals surface area contributed by atoms with Crippen molar-refractivity contribution in [3.05, 3.63) is 11.3 Å². The fraction of sp³-hybridized carbons (Fsp3) is 0.667. The molecule has 0 aliphatic carbocycles. The van der Waals surface area contributed by atoms with Gasteiger partial charge < -0.3 is 10.0 Å². The third-order valence-corrected chi connectivity index (χ3v) is 1.78. The number of rotatable bonds is 4. The van der Waals surface area contributed by atoms with Crippen LogP contribution in [0.5, 0.6) is 0 Å². The van der Waals surface area contributed by atoms with Crippen LogP contribution in [0.15, 0.2) is 11.3 Å². The van der Waals surface area contributed by atoms with Crippen molar-refractivity contribution in [2.75, 3.05) is 14.1 Å². The van der Waals surface area contributed by atoms with Crippen molar-refractivity contribution in [3.63, 3.8) is 0 Å². The second-order valence-electron chi connectivity index (χ2n) is 3.02. The van der Waals surface area contributed by atoms with Gasteiger partial charge in [0.25, 0.3) is 0 Å². The highest BCUT2D eigenvalue weighted by atomic mass is 16.4. The van der Waals surface area contributed by atoms with E-state index in [1.165, 1.54) is 0 Å². The fourth-order valence-corrected chi connectivity index (χ4v) is 1.11. The smallest absolute Gasteiger partial charge is 0.333 e. The predicted molar refractivity (Wildman–Crippen MR) is 48.9 cm³/mol. The maximum Gasteiger partial charge on any atom is 0.333 e. The topological polar surface area (TPSA) is 40.5 Å². The van der Waals surface area contributed by atoms with Crippen LogP contribution in [0.25, 0.3) is 0 Å². The monoisotopic (exact) mass is 171 g/mol. The zero-order valence-corrected chi connectivity index (χ0v) is 8.22. The molecule has 3 heteroatoms. The van der Waals surface area contributed by atoms with Crippen LogP contribution < -0.4 is 0 Å². The standard InChI is InChI=1S/C9H17NO2/c1-5-6-8(10(3)4)7(2)9(11)12/h5-6H2,1-4H3,(H,11,12)/b8-7+. The van der Waals surface area contributed by atoms with E-state index in [-0.39, 0.29) is 0 Å². The zero-order valence-electron chi connectivity index (χ0n) is 8.22. The first kappa shape index (κ1) is 11.0. The summed E-state index contributed by atoms with van der Waals surface area (Å²) in [6.45, 7) is 3.69. The lowest BCUT2D eigenvalue weighted by Gasteiger charge is -2.18. The molecule has 12 heavy (non-hydrogen) atoms. The van der Waals surface area contributed by atoms with Gasteiger partial charge in [0.1, 0.15) is 0 Å². The van der Waals surface area contributed by atoms with E-state index in [4.69, 9.17) is 5.11 Å². The Balaban J connectivity index is 4.67. The Labute approximate surface area is 73.7 Å². The number of carboxylic acid groups (broad SMARTS) is 1. The number of hydrogen-bond acceptors (Lipinski definition) is 2. The maximum atomic E-state index is 10.6. The van der Waals surface area contributed by atoms with Gasteiger partial charge in [0.05, 0.1) is 5.57 Å². The van der Waals surface area contributed by atoms with E-state index >= 15 is 0 Å². The van der Waals surface area contributed by atoms with E-state index in [0.29, 0.717) is 5.57 Å². The minimum atomic E-state index is -0.827. The quantitative estimate of drug-likeness (QED) is 0.654. The third kappa shape index (κ3) is 2.95. The van der Waals surface area contributed by atoms with Gasteiger partial charge >= 0.3 is 5.97 Å². The van der Waals surface area contributed by atoms with Crippen LogP contribution in [0.1, 0.15) is 26.7 Å². The predicted octanol–water partition coefficient (Wildman–Crippen LogP) is 1.71. The van der Waals surface area contributed by atoms with Gasteiger partial charge in [-0.1, -0.05) is 13.3 Å². The van der Waals surface area contributed by atoms with Crippen molar-refractivity contribution in [1.29, 1.82) is 0 Å². The van der Waals surface area contributed by atoms with Crippen LogP contribution in [0, 0.1) is 0 Å². The van der Waals surface area contributed by atoms with Crippen molar-refractivity contribution in [2.45, 2.75) is 26.7 Å². The molecule has 0 saturated heterocycles. The molecule has 0 aromatic rings. The summed E-state index contributed by atoms with van der Waals surface area (Å²) >= 11 is 0. The molecule has 0 fully saturated rings. The Bertz CT molecular complexity index is 195. The Morgan fingerprint density at radius 2 is 1.92 bits per heavy atom. The van der Waals surface area contributed by atoms with Crippen molar-refractivity contribution >= 4 is 5.97 Å². The highest BCUT2D eigenvalue weighted by Crippen LogP contribution is 2.13. The van der Waals surface area contributed by atoms with E-state index in [1.54, 1.807) is 6.92 Å². The van der Waals surface area contributed by atoms with Gasteiger partial charge in [0.2, 0.25) is 0 Å². The highest BCUT2D eigenvalue weighted by Gasteiger charge is 2.09. The van der Waals surface area contributed by atoms with E-state index in [2.05, 4.69) is 0 Å². The zero-order chi connectivity index (χ0) is 9.72. The molecule has 0 aromatic carbocycles. The lowest BCUT2D eigenvalue weighted by molar-refractivity contribution is -0.132. The molecule has 70 valence electrons. The van der Waals surface area contributed by atoms with Crippen molar-refractivity contribution in [3.8, 4) is 0 Å². The lowest BCUT2D eigenvalue weighted by atomic mass is 10.1. The van der Waals surface area contributed by atoms with Gasteiger partial charge in [-0.15, -0.1) is 0 Å². The van der Waals surface area contributed by atoms with E-state index in [9.17, 15) is 4.79 Å². The first-order chi connectivity index (χ1) is 5.50. The summed E-state index contributed by atoms with van der Waals surface area (Å²) in [4.78, 5) is 12.5. The molecule has 0 aliphatic heterocycles. The third-order valence-electron chi connectivity index (χ3n) is 1.78. The largest absolute Gasteiger partial charge is 0.478 e.